The standard InChI is InChI=1S/C23H34N2O/c1-3-5-6-10-18-26-22-15-11-14-21(19-22)24-16-17-25-23(4-2)20-12-8-7-9-13-20/h7-9,11-15,19,23-25H,3-6,10,16-18H2,1-2H3. The number of rotatable bonds is 13. The molecule has 0 spiro atoms. The Morgan fingerprint density at radius 3 is 2.50 bits per heavy atom. The Hall–Kier alpha value is -2.00. The van der Waals surface area contributed by atoms with Crippen LogP contribution < -0.4 is 15.4 Å². The van der Waals surface area contributed by atoms with Gasteiger partial charge in [0.25, 0.3) is 0 Å². The van der Waals surface area contributed by atoms with E-state index in [1.165, 1.54) is 24.8 Å². The molecular formula is C23H34N2O. The molecule has 0 heterocycles. The average Bonchev–Trinajstić information content (AvgIpc) is 2.69. The van der Waals surface area contributed by atoms with E-state index in [0.29, 0.717) is 6.04 Å². The van der Waals surface area contributed by atoms with E-state index < -0.39 is 0 Å². The first kappa shape index (κ1) is 20.3. The van der Waals surface area contributed by atoms with Gasteiger partial charge in [0.1, 0.15) is 5.75 Å². The highest BCUT2D eigenvalue weighted by molar-refractivity contribution is 5.48. The van der Waals surface area contributed by atoms with Crippen molar-refractivity contribution in [1.29, 1.82) is 0 Å². The summed E-state index contributed by atoms with van der Waals surface area (Å²) in [6, 6.07) is 19.3. The third-order valence-electron chi connectivity index (χ3n) is 4.56. The fourth-order valence-corrected chi connectivity index (χ4v) is 3.05. The topological polar surface area (TPSA) is 33.3 Å². The van der Waals surface area contributed by atoms with E-state index in [1.54, 1.807) is 0 Å². The molecule has 142 valence electrons. The fraction of sp³-hybridized carbons (Fsp3) is 0.478. The van der Waals surface area contributed by atoms with Crippen LogP contribution in [-0.2, 0) is 0 Å². The van der Waals surface area contributed by atoms with Gasteiger partial charge in [0.2, 0.25) is 0 Å². The molecule has 2 N–H and O–H groups in total. The largest absolute Gasteiger partial charge is 0.494 e. The van der Waals surface area contributed by atoms with Crippen LogP contribution in [-0.4, -0.2) is 19.7 Å². The van der Waals surface area contributed by atoms with E-state index in [0.717, 1.165) is 44.0 Å². The minimum Gasteiger partial charge on any atom is -0.494 e. The molecule has 3 heteroatoms. The molecular weight excluding hydrogens is 320 g/mol. The molecule has 0 aliphatic heterocycles. The first-order valence-corrected chi connectivity index (χ1v) is 10.1. The second-order valence-corrected chi connectivity index (χ2v) is 6.69. The van der Waals surface area contributed by atoms with Gasteiger partial charge in [-0.3, -0.25) is 0 Å². The molecule has 2 aromatic carbocycles. The zero-order chi connectivity index (χ0) is 18.5. The Bertz CT molecular complexity index is 600. The summed E-state index contributed by atoms with van der Waals surface area (Å²) < 4.78 is 5.86. The Morgan fingerprint density at radius 1 is 0.885 bits per heavy atom. The van der Waals surface area contributed by atoms with Gasteiger partial charge in [-0.15, -0.1) is 0 Å². The molecule has 0 radical (unpaired) electrons. The predicted molar refractivity (Wildman–Crippen MR) is 112 cm³/mol. The molecule has 2 aromatic rings. The van der Waals surface area contributed by atoms with Crippen molar-refractivity contribution in [2.75, 3.05) is 25.0 Å². The SMILES string of the molecule is CCCCCCOc1cccc(NCCNC(CC)c2ccccc2)c1. The van der Waals surface area contributed by atoms with Crippen LogP contribution in [0.4, 0.5) is 5.69 Å². The van der Waals surface area contributed by atoms with Gasteiger partial charge in [-0.1, -0.05) is 69.5 Å². The van der Waals surface area contributed by atoms with Gasteiger partial charge in [0.15, 0.2) is 0 Å². The summed E-state index contributed by atoms with van der Waals surface area (Å²) in [6.45, 7) is 7.08. The molecule has 0 amide bonds. The Morgan fingerprint density at radius 2 is 1.73 bits per heavy atom. The Labute approximate surface area is 159 Å². The average molecular weight is 355 g/mol. The van der Waals surface area contributed by atoms with Gasteiger partial charge in [-0.25, -0.2) is 0 Å². The van der Waals surface area contributed by atoms with Crippen molar-refractivity contribution < 1.29 is 4.74 Å². The molecule has 3 nitrogen and oxygen atoms in total. The molecule has 0 aliphatic carbocycles. The third-order valence-corrected chi connectivity index (χ3v) is 4.56. The van der Waals surface area contributed by atoms with Gasteiger partial charge in [0.05, 0.1) is 6.61 Å². The molecule has 0 bridgehead atoms. The molecule has 2 rings (SSSR count). The van der Waals surface area contributed by atoms with Crippen molar-refractivity contribution in [3.63, 3.8) is 0 Å². The van der Waals surface area contributed by atoms with Crippen molar-refractivity contribution in [2.24, 2.45) is 0 Å². The maximum atomic E-state index is 5.86. The molecule has 1 unspecified atom stereocenters. The quantitative estimate of drug-likeness (QED) is 0.446. The zero-order valence-corrected chi connectivity index (χ0v) is 16.3. The fourth-order valence-electron chi connectivity index (χ4n) is 3.05. The van der Waals surface area contributed by atoms with Crippen LogP contribution in [0.25, 0.3) is 0 Å². The van der Waals surface area contributed by atoms with Crippen molar-refractivity contribution in [3.8, 4) is 5.75 Å². The van der Waals surface area contributed by atoms with E-state index in [4.69, 9.17) is 4.74 Å². The highest BCUT2D eigenvalue weighted by Crippen LogP contribution is 2.18. The summed E-state index contributed by atoms with van der Waals surface area (Å²) in [5.74, 6) is 0.954. The lowest BCUT2D eigenvalue weighted by molar-refractivity contribution is 0.305. The molecule has 0 aliphatic rings. The summed E-state index contributed by atoms with van der Waals surface area (Å²) in [6.07, 6.45) is 6.02. The monoisotopic (exact) mass is 354 g/mol. The molecule has 26 heavy (non-hydrogen) atoms. The highest BCUT2D eigenvalue weighted by atomic mass is 16.5. The first-order chi connectivity index (χ1) is 12.8. The Balaban J connectivity index is 1.69. The molecule has 0 saturated carbocycles. The van der Waals surface area contributed by atoms with Crippen molar-refractivity contribution in [2.45, 2.75) is 52.0 Å². The maximum absolute atomic E-state index is 5.86. The van der Waals surface area contributed by atoms with Gasteiger partial charge in [-0.05, 0) is 30.5 Å². The summed E-state index contributed by atoms with van der Waals surface area (Å²) >= 11 is 0. The molecule has 1 atom stereocenters. The third kappa shape index (κ3) is 7.49. The van der Waals surface area contributed by atoms with Crippen LogP contribution >= 0.6 is 0 Å². The molecule has 0 fully saturated rings. The van der Waals surface area contributed by atoms with Gasteiger partial charge in [0, 0.05) is 30.9 Å². The second kappa shape index (κ2) is 12.4. The number of anilines is 1. The normalized spacial score (nSPS) is 11.9. The van der Waals surface area contributed by atoms with Crippen LogP contribution in [0, 0.1) is 0 Å². The molecule has 0 aromatic heterocycles. The minimum absolute atomic E-state index is 0.413. The van der Waals surface area contributed by atoms with Crippen molar-refractivity contribution in [1.82, 2.24) is 5.32 Å². The maximum Gasteiger partial charge on any atom is 0.121 e. The van der Waals surface area contributed by atoms with Crippen molar-refractivity contribution in [3.05, 3.63) is 60.2 Å². The van der Waals surface area contributed by atoms with Crippen LogP contribution in [0.1, 0.15) is 57.6 Å². The number of hydrogen-bond acceptors (Lipinski definition) is 3. The number of hydrogen-bond donors (Lipinski definition) is 2. The van der Waals surface area contributed by atoms with E-state index in [1.807, 2.05) is 6.07 Å². The van der Waals surface area contributed by atoms with Crippen LogP contribution in [0.5, 0.6) is 5.75 Å². The Kier molecular flexibility index (Phi) is 9.66. The minimum atomic E-state index is 0.413. The summed E-state index contributed by atoms with van der Waals surface area (Å²) in [7, 11) is 0. The summed E-state index contributed by atoms with van der Waals surface area (Å²) in [5.41, 5.74) is 2.47. The van der Waals surface area contributed by atoms with Gasteiger partial charge < -0.3 is 15.4 Å². The zero-order valence-electron chi connectivity index (χ0n) is 16.3. The number of unbranched alkanes of at least 4 members (excludes halogenated alkanes) is 3. The lowest BCUT2D eigenvalue weighted by atomic mass is 10.0. The van der Waals surface area contributed by atoms with E-state index in [-0.39, 0.29) is 0 Å². The van der Waals surface area contributed by atoms with Crippen LogP contribution in [0.2, 0.25) is 0 Å². The number of ether oxygens (including phenoxy) is 1. The van der Waals surface area contributed by atoms with Gasteiger partial charge in [-0.2, -0.15) is 0 Å². The van der Waals surface area contributed by atoms with Crippen LogP contribution in [0.3, 0.4) is 0 Å². The van der Waals surface area contributed by atoms with E-state index >= 15 is 0 Å². The molecule has 0 saturated heterocycles. The lowest BCUT2D eigenvalue weighted by Crippen LogP contribution is -2.26. The predicted octanol–water partition coefficient (Wildman–Crippen LogP) is 5.80. The highest BCUT2D eigenvalue weighted by Gasteiger charge is 2.07. The van der Waals surface area contributed by atoms with Gasteiger partial charge >= 0.3 is 0 Å². The van der Waals surface area contributed by atoms with Crippen LogP contribution in [0.15, 0.2) is 54.6 Å². The first-order valence-electron chi connectivity index (χ1n) is 10.1. The summed E-state index contributed by atoms with van der Waals surface area (Å²) in [4.78, 5) is 0. The smallest absolute Gasteiger partial charge is 0.121 e. The van der Waals surface area contributed by atoms with E-state index in [9.17, 15) is 0 Å². The van der Waals surface area contributed by atoms with Crippen molar-refractivity contribution >= 4 is 5.69 Å². The summed E-state index contributed by atoms with van der Waals surface area (Å²) in [5, 5.41) is 7.11. The van der Waals surface area contributed by atoms with E-state index in [2.05, 4.69) is 73.0 Å². The lowest BCUT2D eigenvalue weighted by Gasteiger charge is -2.18. The second-order valence-electron chi connectivity index (χ2n) is 6.69. The number of benzene rings is 2. The number of nitrogens with one attached hydrogen (secondary N) is 2.